The first-order valence-corrected chi connectivity index (χ1v) is 9.44. The lowest BCUT2D eigenvalue weighted by atomic mass is 10.2. The van der Waals surface area contributed by atoms with Crippen molar-refractivity contribution in [3.8, 4) is 11.5 Å². The zero-order valence-electron chi connectivity index (χ0n) is 16.7. The van der Waals surface area contributed by atoms with E-state index in [1.807, 2.05) is 63.2 Å². The molecule has 2 aromatic carbocycles. The number of aromatic nitrogens is 2. The van der Waals surface area contributed by atoms with Gasteiger partial charge in [-0.2, -0.15) is 0 Å². The predicted molar refractivity (Wildman–Crippen MR) is 113 cm³/mol. The SMILES string of the molecule is CCOc1ccc(Nc2cnc(C(=O)Nc3ccccc3OC(C)C)cn2)cc1. The van der Waals surface area contributed by atoms with Crippen LogP contribution in [0.25, 0.3) is 0 Å². The van der Waals surface area contributed by atoms with E-state index in [1.165, 1.54) is 12.4 Å². The second-order valence-corrected chi connectivity index (χ2v) is 6.49. The van der Waals surface area contributed by atoms with Gasteiger partial charge in [0.05, 0.1) is 30.8 Å². The Balaban J connectivity index is 1.65. The number of nitrogens with one attached hydrogen (secondary N) is 2. The molecule has 0 unspecified atom stereocenters. The molecule has 3 aromatic rings. The number of rotatable bonds is 8. The number of anilines is 3. The molecule has 2 N–H and O–H groups in total. The van der Waals surface area contributed by atoms with Crippen molar-refractivity contribution >= 4 is 23.1 Å². The van der Waals surface area contributed by atoms with Crippen LogP contribution in [0.15, 0.2) is 60.9 Å². The summed E-state index contributed by atoms with van der Waals surface area (Å²) in [6.45, 7) is 6.42. The highest BCUT2D eigenvalue weighted by Crippen LogP contribution is 2.25. The van der Waals surface area contributed by atoms with Gasteiger partial charge < -0.3 is 20.1 Å². The number of amides is 1. The molecule has 1 aromatic heterocycles. The molecular formula is C22H24N4O3. The number of benzene rings is 2. The Morgan fingerprint density at radius 3 is 2.45 bits per heavy atom. The van der Waals surface area contributed by atoms with E-state index < -0.39 is 0 Å². The first-order chi connectivity index (χ1) is 14.0. The van der Waals surface area contributed by atoms with Crippen molar-refractivity contribution in [2.75, 3.05) is 17.2 Å². The fourth-order valence-electron chi connectivity index (χ4n) is 2.57. The van der Waals surface area contributed by atoms with E-state index in [2.05, 4.69) is 20.6 Å². The van der Waals surface area contributed by atoms with Gasteiger partial charge in [0.1, 0.15) is 23.0 Å². The maximum absolute atomic E-state index is 12.5. The van der Waals surface area contributed by atoms with Crippen LogP contribution < -0.4 is 20.1 Å². The highest BCUT2D eigenvalue weighted by atomic mass is 16.5. The molecule has 0 bridgehead atoms. The number of hydrogen-bond donors (Lipinski definition) is 2. The van der Waals surface area contributed by atoms with Crippen molar-refractivity contribution < 1.29 is 14.3 Å². The fraction of sp³-hybridized carbons (Fsp3) is 0.227. The molecule has 0 radical (unpaired) electrons. The number of ether oxygens (including phenoxy) is 2. The molecule has 0 aliphatic heterocycles. The average molecular weight is 392 g/mol. The molecule has 150 valence electrons. The molecule has 0 atom stereocenters. The van der Waals surface area contributed by atoms with Gasteiger partial charge in [0.2, 0.25) is 0 Å². The molecule has 0 saturated carbocycles. The lowest BCUT2D eigenvalue weighted by Gasteiger charge is -2.14. The molecule has 7 nitrogen and oxygen atoms in total. The first-order valence-electron chi connectivity index (χ1n) is 9.44. The average Bonchev–Trinajstić information content (AvgIpc) is 2.71. The number of hydrogen-bond acceptors (Lipinski definition) is 6. The molecule has 0 saturated heterocycles. The van der Waals surface area contributed by atoms with Crippen LogP contribution >= 0.6 is 0 Å². The molecule has 29 heavy (non-hydrogen) atoms. The summed E-state index contributed by atoms with van der Waals surface area (Å²) in [4.78, 5) is 21.0. The molecule has 7 heteroatoms. The van der Waals surface area contributed by atoms with Gasteiger partial charge >= 0.3 is 0 Å². The zero-order valence-corrected chi connectivity index (χ0v) is 16.7. The van der Waals surface area contributed by atoms with Crippen LogP contribution in [0.4, 0.5) is 17.2 Å². The number of carbonyl (C=O) groups is 1. The summed E-state index contributed by atoms with van der Waals surface area (Å²) >= 11 is 0. The van der Waals surface area contributed by atoms with Crippen molar-refractivity contribution in [1.82, 2.24) is 9.97 Å². The minimum absolute atomic E-state index is 0.000743. The van der Waals surface area contributed by atoms with Gasteiger partial charge in [-0.15, -0.1) is 0 Å². The molecule has 0 spiro atoms. The largest absolute Gasteiger partial charge is 0.494 e. The van der Waals surface area contributed by atoms with Crippen molar-refractivity contribution in [3.63, 3.8) is 0 Å². The highest BCUT2D eigenvalue weighted by molar-refractivity contribution is 6.03. The summed E-state index contributed by atoms with van der Waals surface area (Å²) in [5.41, 5.74) is 1.64. The van der Waals surface area contributed by atoms with Gasteiger partial charge in [0.25, 0.3) is 5.91 Å². The minimum Gasteiger partial charge on any atom is -0.494 e. The standard InChI is InChI=1S/C22H24N4O3/c1-4-28-17-11-9-16(10-12-17)25-21-14-23-19(13-24-21)22(27)26-18-7-5-6-8-20(18)29-15(2)3/h5-15H,4H2,1-3H3,(H,24,25)(H,26,27). The number of carbonyl (C=O) groups excluding carboxylic acids is 1. The molecule has 3 rings (SSSR count). The van der Waals surface area contributed by atoms with E-state index in [0.29, 0.717) is 23.9 Å². The first kappa shape index (κ1) is 20.1. The van der Waals surface area contributed by atoms with E-state index in [1.54, 1.807) is 6.07 Å². The Morgan fingerprint density at radius 2 is 1.79 bits per heavy atom. The van der Waals surface area contributed by atoms with Crippen LogP contribution in [0, 0.1) is 0 Å². The normalized spacial score (nSPS) is 10.5. The molecule has 1 heterocycles. The summed E-state index contributed by atoms with van der Waals surface area (Å²) < 4.78 is 11.1. The van der Waals surface area contributed by atoms with Gasteiger partial charge in [0.15, 0.2) is 0 Å². The second kappa shape index (κ2) is 9.54. The Kier molecular flexibility index (Phi) is 6.63. The Bertz CT molecular complexity index is 941. The van der Waals surface area contributed by atoms with Gasteiger partial charge in [-0.1, -0.05) is 12.1 Å². The van der Waals surface area contributed by atoms with E-state index in [0.717, 1.165) is 11.4 Å². The number of nitrogens with zero attached hydrogens (tertiary/aromatic N) is 2. The van der Waals surface area contributed by atoms with Crippen LogP contribution in [-0.2, 0) is 0 Å². The lowest BCUT2D eigenvalue weighted by molar-refractivity contribution is 0.102. The summed E-state index contributed by atoms with van der Waals surface area (Å²) in [5.74, 6) is 1.59. The minimum atomic E-state index is -0.357. The smallest absolute Gasteiger partial charge is 0.275 e. The van der Waals surface area contributed by atoms with Crippen molar-refractivity contribution in [3.05, 3.63) is 66.6 Å². The summed E-state index contributed by atoms with van der Waals surface area (Å²) in [6.07, 6.45) is 2.95. The molecule has 0 aliphatic rings. The number of para-hydroxylation sites is 2. The lowest BCUT2D eigenvalue weighted by Crippen LogP contribution is -2.16. The fourth-order valence-corrected chi connectivity index (χ4v) is 2.57. The third kappa shape index (κ3) is 5.68. The summed E-state index contributed by atoms with van der Waals surface area (Å²) in [7, 11) is 0. The summed E-state index contributed by atoms with van der Waals surface area (Å²) in [5, 5.41) is 5.96. The van der Waals surface area contributed by atoms with Gasteiger partial charge in [-0.25, -0.2) is 9.97 Å². The van der Waals surface area contributed by atoms with Crippen molar-refractivity contribution in [1.29, 1.82) is 0 Å². The Labute approximate surface area is 170 Å². The highest BCUT2D eigenvalue weighted by Gasteiger charge is 2.12. The second-order valence-electron chi connectivity index (χ2n) is 6.49. The molecule has 0 fully saturated rings. The van der Waals surface area contributed by atoms with Crippen LogP contribution in [0.1, 0.15) is 31.3 Å². The van der Waals surface area contributed by atoms with Crippen molar-refractivity contribution in [2.24, 2.45) is 0 Å². The molecule has 1 amide bonds. The van der Waals surface area contributed by atoms with Crippen LogP contribution in [0.2, 0.25) is 0 Å². The van der Waals surface area contributed by atoms with E-state index in [9.17, 15) is 4.79 Å². The van der Waals surface area contributed by atoms with Crippen LogP contribution in [0.3, 0.4) is 0 Å². The predicted octanol–water partition coefficient (Wildman–Crippen LogP) is 4.66. The third-order valence-corrected chi connectivity index (χ3v) is 3.82. The van der Waals surface area contributed by atoms with Crippen molar-refractivity contribution in [2.45, 2.75) is 26.9 Å². The Hall–Kier alpha value is -3.61. The maximum atomic E-state index is 12.5. The van der Waals surface area contributed by atoms with Crippen LogP contribution in [-0.4, -0.2) is 28.6 Å². The van der Waals surface area contributed by atoms with Gasteiger partial charge in [-0.3, -0.25) is 4.79 Å². The van der Waals surface area contributed by atoms with E-state index >= 15 is 0 Å². The Morgan fingerprint density at radius 1 is 1.03 bits per heavy atom. The third-order valence-electron chi connectivity index (χ3n) is 3.82. The van der Waals surface area contributed by atoms with Gasteiger partial charge in [-0.05, 0) is 57.2 Å². The van der Waals surface area contributed by atoms with E-state index in [-0.39, 0.29) is 17.7 Å². The maximum Gasteiger partial charge on any atom is 0.275 e. The topological polar surface area (TPSA) is 85.4 Å². The molecular weight excluding hydrogens is 368 g/mol. The quantitative estimate of drug-likeness (QED) is 0.580. The van der Waals surface area contributed by atoms with Gasteiger partial charge in [0, 0.05) is 5.69 Å². The zero-order chi connectivity index (χ0) is 20.6. The summed E-state index contributed by atoms with van der Waals surface area (Å²) in [6, 6.07) is 14.8. The van der Waals surface area contributed by atoms with Crippen LogP contribution in [0.5, 0.6) is 11.5 Å². The van der Waals surface area contributed by atoms with E-state index in [4.69, 9.17) is 9.47 Å². The monoisotopic (exact) mass is 392 g/mol. The molecule has 0 aliphatic carbocycles.